The Morgan fingerprint density at radius 2 is 1.91 bits per heavy atom. The van der Waals surface area contributed by atoms with E-state index in [0.717, 1.165) is 19.3 Å². The summed E-state index contributed by atoms with van der Waals surface area (Å²) in [4.78, 5) is 27.0. The first kappa shape index (κ1) is 13.8. The van der Waals surface area contributed by atoms with Gasteiger partial charge in [-0.15, -0.1) is 0 Å². The minimum absolute atomic E-state index is 0.00261. The van der Waals surface area contributed by atoms with Gasteiger partial charge in [0.1, 0.15) is 0 Å². The molecule has 1 aliphatic carbocycles. The molecule has 3 fully saturated rings. The predicted molar refractivity (Wildman–Crippen MR) is 80.3 cm³/mol. The predicted octanol–water partition coefficient (Wildman–Crippen LogP) is 1.19. The Balaban J connectivity index is 1.53. The molecule has 0 spiro atoms. The minimum atomic E-state index is -0.235. The van der Waals surface area contributed by atoms with E-state index in [1.165, 1.54) is 0 Å². The number of hydrogen-bond acceptors (Lipinski definition) is 3. The number of nitrogens with one attached hydrogen (secondary N) is 1. The zero-order chi connectivity index (χ0) is 15.1. The van der Waals surface area contributed by atoms with Crippen molar-refractivity contribution in [2.24, 2.45) is 5.92 Å². The molecule has 0 unspecified atom stereocenters. The molecule has 0 radical (unpaired) electrons. The highest BCUT2D eigenvalue weighted by molar-refractivity contribution is 5.95. The largest absolute Gasteiger partial charge is 0.375 e. The number of ether oxygens (including phenoxy) is 1. The van der Waals surface area contributed by atoms with E-state index in [1.54, 1.807) is 0 Å². The molecular weight excluding hydrogens is 280 g/mol. The molecule has 3 atom stereocenters. The molecule has 5 heteroatoms. The molecule has 2 aliphatic heterocycles. The first-order valence-electron chi connectivity index (χ1n) is 8.02. The Labute approximate surface area is 129 Å². The highest BCUT2D eigenvalue weighted by atomic mass is 16.5. The number of nitrogens with zero attached hydrogens (tertiary/aromatic N) is 1. The van der Waals surface area contributed by atoms with Crippen molar-refractivity contribution in [3.63, 3.8) is 0 Å². The van der Waals surface area contributed by atoms with Crippen LogP contribution in [0, 0.1) is 5.92 Å². The van der Waals surface area contributed by atoms with Gasteiger partial charge in [-0.3, -0.25) is 9.59 Å². The Morgan fingerprint density at radius 3 is 2.64 bits per heavy atom. The van der Waals surface area contributed by atoms with Crippen LogP contribution in [0.15, 0.2) is 30.3 Å². The van der Waals surface area contributed by atoms with Crippen molar-refractivity contribution in [3.05, 3.63) is 35.9 Å². The summed E-state index contributed by atoms with van der Waals surface area (Å²) in [5, 5.41) is 3.05. The van der Waals surface area contributed by atoms with Gasteiger partial charge in [0.05, 0.1) is 18.1 Å². The van der Waals surface area contributed by atoms with Crippen LogP contribution in [0.4, 0.5) is 0 Å². The number of amides is 2. The summed E-state index contributed by atoms with van der Waals surface area (Å²) in [5.41, 5.74) is 0.677. The molecule has 1 saturated carbocycles. The molecule has 4 rings (SSSR count). The molecule has 22 heavy (non-hydrogen) atoms. The van der Waals surface area contributed by atoms with Gasteiger partial charge in [-0.1, -0.05) is 18.2 Å². The number of fused-ring (bicyclic) bond motifs is 1. The normalized spacial score (nSPS) is 30.2. The zero-order valence-electron chi connectivity index (χ0n) is 12.4. The third-order valence-electron chi connectivity index (χ3n) is 4.84. The number of carbonyl (C=O) groups is 2. The highest BCUT2D eigenvalue weighted by Gasteiger charge is 2.50. The van der Waals surface area contributed by atoms with E-state index in [9.17, 15) is 9.59 Å². The number of hydrogen-bond donors (Lipinski definition) is 1. The van der Waals surface area contributed by atoms with E-state index < -0.39 is 0 Å². The monoisotopic (exact) mass is 300 g/mol. The standard InChI is InChI=1S/C17H20N2O3/c20-16(18-12-6-7-12)13-10-19(14-8-9-22-15(13)14)17(21)11-4-2-1-3-5-11/h1-5,12-15H,6-10H2,(H,18,20)/t13-,14-,15-/m1/s1. The highest BCUT2D eigenvalue weighted by Crippen LogP contribution is 2.35. The van der Waals surface area contributed by atoms with E-state index in [1.807, 2.05) is 35.2 Å². The summed E-state index contributed by atoms with van der Waals surface area (Å²) < 4.78 is 5.77. The maximum atomic E-state index is 12.7. The Hall–Kier alpha value is -1.88. The average molecular weight is 300 g/mol. The lowest BCUT2D eigenvalue weighted by Crippen LogP contribution is -2.39. The molecule has 0 aromatic heterocycles. The van der Waals surface area contributed by atoms with Crippen LogP contribution in [0.1, 0.15) is 29.6 Å². The van der Waals surface area contributed by atoms with Crippen molar-refractivity contribution in [1.82, 2.24) is 10.2 Å². The van der Waals surface area contributed by atoms with Crippen molar-refractivity contribution in [3.8, 4) is 0 Å². The number of carbonyl (C=O) groups excluding carboxylic acids is 2. The molecule has 2 amide bonds. The second-order valence-electron chi connectivity index (χ2n) is 6.40. The Morgan fingerprint density at radius 1 is 1.14 bits per heavy atom. The van der Waals surface area contributed by atoms with Gasteiger partial charge >= 0.3 is 0 Å². The molecular formula is C17H20N2O3. The molecule has 1 aromatic carbocycles. The third-order valence-corrected chi connectivity index (χ3v) is 4.84. The second kappa shape index (κ2) is 5.39. The molecule has 1 N–H and O–H groups in total. The zero-order valence-corrected chi connectivity index (χ0v) is 12.4. The van der Waals surface area contributed by atoms with E-state index >= 15 is 0 Å². The van der Waals surface area contributed by atoms with Gasteiger partial charge in [-0.25, -0.2) is 0 Å². The van der Waals surface area contributed by atoms with Gasteiger partial charge in [-0.2, -0.15) is 0 Å². The van der Waals surface area contributed by atoms with Gasteiger partial charge < -0.3 is 15.0 Å². The summed E-state index contributed by atoms with van der Waals surface area (Å²) in [7, 11) is 0. The molecule has 116 valence electrons. The quantitative estimate of drug-likeness (QED) is 0.912. The lowest BCUT2D eigenvalue weighted by molar-refractivity contribution is -0.127. The summed E-state index contributed by atoms with van der Waals surface area (Å²) >= 11 is 0. The second-order valence-corrected chi connectivity index (χ2v) is 6.40. The molecule has 2 saturated heterocycles. The number of likely N-dealkylation sites (tertiary alicyclic amines) is 1. The van der Waals surface area contributed by atoms with Crippen molar-refractivity contribution in [2.75, 3.05) is 13.2 Å². The maximum absolute atomic E-state index is 12.7. The minimum Gasteiger partial charge on any atom is -0.375 e. The topological polar surface area (TPSA) is 58.6 Å². The molecule has 3 aliphatic rings. The summed E-state index contributed by atoms with van der Waals surface area (Å²) in [6.07, 6.45) is 2.81. The average Bonchev–Trinajstić information content (AvgIpc) is 3.10. The first-order valence-corrected chi connectivity index (χ1v) is 8.02. The SMILES string of the molecule is O=C(NC1CC1)[C@@H]1CN(C(=O)c2ccccc2)[C@@H]2CCO[C@@H]21. The van der Waals surface area contributed by atoms with Gasteiger partial charge in [-0.05, 0) is 31.4 Å². The van der Waals surface area contributed by atoms with Crippen LogP contribution in [-0.2, 0) is 9.53 Å². The van der Waals surface area contributed by atoms with Crippen LogP contribution < -0.4 is 5.32 Å². The maximum Gasteiger partial charge on any atom is 0.254 e. The number of benzene rings is 1. The Kier molecular flexibility index (Phi) is 3.37. The van der Waals surface area contributed by atoms with Crippen LogP contribution in [-0.4, -0.2) is 48.1 Å². The van der Waals surface area contributed by atoms with E-state index in [4.69, 9.17) is 4.74 Å². The van der Waals surface area contributed by atoms with Crippen molar-refractivity contribution < 1.29 is 14.3 Å². The fraction of sp³-hybridized carbons (Fsp3) is 0.529. The smallest absolute Gasteiger partial charge is 0.254 e. The van der Waals surface area contributed by atoms with Crippen molar-refractivity contribution in [1.29, 1.82) is 0 Å². The van der Waals surface area contributed by atoms with Crippen LogP contribution in [0.5, 0.6) is 0 Å². The van der Waals surface area contributed by atoms with Gasteiger partial charge in [0, 0.05) is 24.8 Å². The van der Waals surface area contributed by atoms with Crippen molar-refractivity contribution >= 4 is 11.8 Å². The first-order chi connectivity index (χ1) is 10.7. The molecule has 1 aromatic rings. The van der Waals surface area contributed by atoms with Crippen LogP contribution in [0.3, 0.4) is 0 Å². The summed E-state index contributed by atoms with van der Waals surface area (Å²) in [5.74, 6) is -0.189. The lowest BCUT2D eigenvalue weighted by atomic mass is 10.0. The van der Waals surface area contributed by atoms with Crippen LogP contribution >= 0.6 is 0 Å². The third kappa shape index (κ3) is 2.39. The molecule has 2 heterocycles. The molecule has 0 bridgehead atoms. The van der Waals surface area contributed by atoms with Crippen LogP contribution in [0.2, 0.25) is 0 Å². The lowest BCUT2D eigenvalue weighted by Gasteiger charge is -2.22. The van der Waals surface area contributed by atoms with E-state index in [2.05, 4.69) is 5.32 Å². The van der Waals surface area contributed by atoms with Crippen LogP contribution in [0.25, 0.3) is 0 Å². The fourth-order valence-corrected chi connectivity index (χ4v) is 3.52. The Bertz CT molecular complexity index is 585. The summed E-state index contributed by atoms with van der Waals surface area (Å²) in [6.45, 7) is 1.09. The summed E-state index contributed by atoms with van der Waals surface area (Å²) in [6, 6.07) is 9.64. The van der Waals surface area contributed by atoms with Gasteiger partial charge in [0.2, 0.25) is 5.91 Å². The van der Waals surface area contributed by atoms with E-state index in [0.29, 0.717) is 24.8 Å². The van der Waals surface area contributed by atoms with Crippen molar-refractivity contribution in [2.45, 2.75) is 37.5 Å². The van der Waals surface area contributed by atoms with Gasteiger partial charge in [0.25, 0.3) is 5.91 Å². The number of rotatable bonds is 3. The van der Waals surface area contributed by atoms with E-state index in [-0.39, 0.29) is 29.9 Å². The fourth-order valence-electron chi connectivity index (χ4n) is 3.52. The van der Waals surface area contributed by atoms with Gasteiger partial charge in [0.15, 0.2) is 0 Å². The molecule has 5 nitrogen and oxygen atoms in total.